The van der Waals surface area contributed by atoms with Crippen molar-refractivity contribution in [2.75, 3.05) is 33.2 Å². The van der Waals surface area contributed by atoms with Gasteiger partial charge in [-0.1, -0.05) is 13.8 Å². The zero-order valence-corrected chi connectivity index (χ0v) is 10.2. The topological polar surface area (TPSA) is 35.5 Å². The Morgan fingerprint density at radius 2 is 1.67 bits per heavy atom. The first-order valence-electron chi connectivity index (χ1n) is 6.16. The Morgan fingerprint density at radius 1 is 1.20 bits per heavy atom. The van der Waals surface area contributed by atoms with Gasteiger partial charge in [0, 0.05) is 37.0 Å². The van der Waals surface area contributed by atoms with Crippen LogP contribution in [0.1, 0.15) is 26.7 Å². The SMILES string of the molecule is CC[C@]12CNC[C@](CC)(CN(C)C1)C2O. The lowest BCUT2D eigenvalue weighted by molar-refractivity contribution is -0.154. The summed E-state index contributed by atoms with van der Waals surface area (Å²) in [5.41, 5.74) is 0.169. The molecule has 3 atom stereocenters. The van der Waals surface area contributed by atoms with Crippen molar-refractivity contribution in [1.82, 2.24) is 10.2 Å². The van der Waals surface area contributed by atoms with Gasteiger partial charge < -0.3 is 15.3 Å². The maximum absolute atomic E-state index is 10.6. The lowest BCUT2D eigenvalue weighted by Crippen LogP contribution is -2.70. The van der Waals surface area contributed by atoms with E-state index in [0.29, 0.717) is 0 Å². The van der Waals surface area contributed by atoms with Gasteiger partial charge in [0.1, 0.15) is 0 Å². The van der Waals surface area contributed by atoms with Crippen LogP contribution in [0.15, 0.2) is 0 Å². The maximum atomic E-state index is 10.6. The maximum Gasteiger partial charge on any atom is 0.0701 e. The van der Waals surface area contributed by atoms with Crippen LogP contribution in [-0.2, 0) is 0 Å². The number of nitrogens with zero attached hydrogens (tertiary/aromatic N) is 1. The fourth-order valence-electron chi connectivity index (χ4n) is 3.68. The van der Waals surface area contributed by atoms with Gasteiger partial charge in [-0.15, -0.1) is 0 Å². The van der Waals surface area contributed by atoms with E-state index in [1.165, 1.54) is 0 Å². The van der Waals surface area contributed by atoms with E-state index >= 15 is 0 Å². The molecule has 0 saturated carbocycles. The van der Waals surface area contributed by atoms with E-state index in [-0.39, 0.29) is 16.9 Å². The fourth-order valence-corrected chi connectivity index (χ4v) is 3.68. The van der Waals surface area contributed by atoms with Crippen molar-refractivity contribution >= 4 is 0 Å². The van der Waals surface area contributed by atoms with E-state index in [1.807, 2.05) is 0 Å². The van der Waals surface area contributed by atoms with Gasteiger partial charge in [0.25, 0.3) is 0 Å². The number of hydrogen-bond acceptors (Lipinski definition) is 3. The quantitative estimate of drug-likeness (QED) is 0.707. The Balaban J connectivity index is 2.33. The summed E-state index contributed by atoms with van der Waals surface area (Å²) in [6, 6.07) is 0. The summed E-state index contributed by atoms with van der Waals surface area (Å²) in [5.74, 6) is 0. The molecule has 0 aromatic rings. The van der Waals surface area contributed by atoms with Crippen molar-refractivity contribution in [2.45, 2.75) is 32.8 Å². The van der Waals surface area contributed by atoms with Gasteiger partial charge >= 0.3 is 0 Å². The summed E-state index contributed by atoms with van der Waals surface area (Å²) in [6.45, 7) is 8.40. The molecule has 0 amide bonds. The van der Waals surface area contributed by atoms with Gasteiger partial charge in [0.05, 0.1) is 6.10 Å². The largest absolute Gasteiger partial charge is 0.392 e. The third-order valence-corrected chi connectivity index (χ3v) is 4.69. The Labute approximate surface area is 92.8 Å². The Morgan fingerprint density at radius 3 is 2.07 bits per heavy atom. The minimum atomic E-state index is -0.127. The van der Waals surface area contributed by atoms with Crippen LogP contribution >= 0.6 is 0 Å². The fraction of sp³-hybridized carbons (Fsp3) is 1.00. The van der Waals surface area contributed by atoms with Crippen LogP contribution in [-0.4, -0.2) is 49.3 Å². The number of nitrogens with one attached hydrogen (secondary N) is 1. The molecule has 0 aromatic carbocycles. The predicted molar refractivity (Wildman–Crippen MR) is 61.8 cm³/mol. The zero-order chi connectivity index (χ0) is 11.1. The molecule has 15 heavy (non-hydrogen) atoms. The molecule has 3 heteroatoms. The summed E-state index contributed by atoms with van der Waals surface area (Å²) in [7, 11) is 2.19. The third kappa shape index (κ3) is 1.52. The molecular formula is C12H24N2O. The van der Waals surface area contributed by atoms with Crippen LogP contribution in [0.5, 0.6) is 0 Å². The van der Waals surface area contributed by atoms with E-state index < -0.39 is 0 Å². The highest BCUT2D eigenvalue weighted by Gasteiger charge is 2.55. The highest BCUT2D eigenvalue weighted by atomic mass is 16.3. The lowest BCUT2D eigenvalue weighted by atomic mass is 9.60. The molecular weight excluding hydrogens is 188 g/mol. The van der Waals surface area contributed by atoms with Crippen molar-refractivity contribution in [1.29, 1.82) is 0 Å². The number of rotatable bonds is 2. The number of piperidine rings is 2. The zero-order valence-electron chi connectivity index (χ0n) is 10.2. The first-order chi connectivity index (χ1) is 7.08. The molecule has 2 aliphatic rings. The number of hydrogen-bond donors (Lipinski definition) is 2. The van der Waals surface area contributed by atoms with E-state index in [9.17, 15) is 5.11 Å². The normalized spacial score (nSPS) is 46.8. The highest BCUT2D eigenvalue weighted by Crippen LogP contribution is 2.46. The standard InChI is InChI=1S/C12H24N2O/c1-4-11-6-13-7-12(5-2,10(11)15)9-14(3)8-11/h10,13,15H,4-9H2,1-3H3/t10?,11-,12+. The van der Waals surface area contributed by atoms with Gasteiger partial charge in [-0.2, -0.15) is 0 Å². The molecule has 2 aliphatic heterocycles. The monoisotopic (exact) mass is 212 g/mol. The van der Waals surface area contributed by atoms with Crippen LogP contribution < -0.4 is 5.32 Å². The Hall–Kier alpha value is -0.120. The molecule has 2 saturated heterocycles. The van der Waals surface area contributed by atoms with Crippen LogP contribution in [0.4, 0.5) is 0 Å². The van der Waals surface area contributed by atoms with Gasteiger partial charge in [-0.25, -0.2) is 0 Å². The number of aliphatic hydroxyl groups is 1. The van der Waals surface area contributed by atoms with Crippen molar-refractivity contribution in [3.63, 3.8) is 0 Å². The van der Waals surface area contributed by atoms with Crippen LogP contribution in [0.2, 0.25) is 0 Å². The van der Waals surface area contributed by atoms with E-state index in [1.54, 1.807) is 0 Å². The molecule has 2 fully saturated rings. The molecule has 2 bridgehead atoms. The smallest absolute Gasteiger partial charge is 0.0701 e. The molecule has 0 aliphatic carbocycles. The predicted octanol–water partition coefficient (Wildman–Crippen LogP) is 0.689. The van der Waals surface area contributed by atoms with Gasteiger partial charge in [0.15, 0.2) is 0 Å². The van der Waals surface area contributed by atoms with E-state index in [4.69, 9.17) is 0 Å². The second-order valence-corrected chi connectivity index (χ2v) is 5.61. The second kappa shape index (κ2) is 3.72. The van der Waals surface area contributed by atoms with Crippen molar-refractivity contribution in [3.8, 4) is 0 Å². The van der Waals surface area contributed by atoms with Crippen LogP contribution in [0.3, 0.4) is 0 Å². The van der Waals surface area contributed by atoms with Crippen molar-refractivity contribution in [3.05, 3.63) is 0 Å². The lowest BCUT2D eigenvalue weighted by Gasteiger charge is -2.59. The third-order valence-electron chi connectivity index (χ3n) is 4.69. The average molecular weight is 212 g/mol. The minimum absolute atomic E-state index is 0.0846. The molecule has 88 valence electrons. The van der Waals surface area contributed by atoms with Crippen molar-refractivity contribution < 1.29 is 5.11 Å². The molecule has 0 spiro atoms. The minimum Gasteiger partial charge on any atom is -0.392 e. The molecule has 3 nitrogen and oxygen atoms in total. The molecule has 2 N–H and O–H groups in total. The van der Waals surface area contributed by atoms with Crippen LogP contribution in [0.25, 0.3) is 0 Å². The Bertz CT molecular complexity index is 224. The van der Waals surface area contributed by atoms with Gasteiger partial charge in [0.2, 0.25) is 0 Å². The van der Waals surface area contributed by atoms with Gasteiger partial charge in [-0.3, -0.25) is 0 Å². The number of aliphatic hydroxyl groups excluding tert-OH is 1. The number of fused-ring (bicyclic) bond motifs is 2. The highest BCUT2D eigenvalue weighted by molar-refractivity contribution is 5.08. The summed E-state index contributed by atoms with van der Waals surface area (Å²) < 4.78 is 0. The first-order valence-corrected chi connectivity index (χ1v) is 6.16. The van der Waals surface area contributed by atoms with Gasteiger partial charge in [-0.05, 0) is 19.9 Å². The summed E-state index contributed by atoms with van der Waals surface area (Å²) >= 11 is 0. The average Bonchev–Trinajstić information content (AvgIpc) is 2.21. The molecule has 0 aromatic heterocycles. The first kappa shape index (κ1) is 11.4. The molecule has 0 radical (unpaired) electrons. The summed E-state index contributed by atoms with van der Waals surface area (Å²) in [4.78, 5) is 2.40. The van der Waals surface area contributed by atoms with E-state index in [0.717, 1.165) is 39.0 Å². The molecule has 2 rings (SSSR count). The second-order valence-electron chi connectivity index (χ2n) is 5.61. The molecule has 1 unspecified atom stereocenters. The number of likely N-dealkylation sites (tertiary alicyclic amines) is 1. The van der Waals surface area contributed by atoms with Crippen molar-refractivity contribution in [2.24, 2.45) is 10.8 Å². The van der Waals surface area contributed by atoms with E-state index in [2.05, 4.69) is 31.1 Å². The molecule has 2 heterocycles. The summed E-state index contributed by atoms with van der Waals surface area (Å²) in [6.07, 6.45) is 2.00. The Kier molecular flexibility index (Phi) is 2.82. The van der Waals surface area contributed by atoms with Crippen LogP contribution in [0, 0.1) is 10.8 Å². The summed E-state index contributed by atoms with van der Waals surface area (Å²) in [5, 5.41) is 14.2.